The average Bonchev–Trinajstić information content (AvgIpc) is 3.32. The van der Waals surface area contributed by atoms with E-state index in [1.54, 1.807) is 17.4 Å². The Labute approximate surface area is 168 Å². The van der Waals surface area contributed by atoms with Crippen LogP contribution in [-0.2, 0) is 0 Å². The van der Waals surface area contributed by atoms with Crippen LogP contribution < -0.4 is 16.0 Å². The summed E-state index contributed by atoms with van der Waals surface area (Å²) in [5, 5.41) is 14.8. The van der Waals surface area contributed by atoms with E-state index in [4.69, 9.17) is 0 Å². The molecule has 0 radical (unpaired) electrons. The minimum Gasteiger partial charge on any atom is -0.360 e. The van der Waals surface area contributed by atoms with Gasteiger partial charge in [-0.2, -0.15) is 5.10 Å². The zero-order valence-electron chi connectivity index (χ0n) is 14.9. The van der Waals surface area contributed by atoms with Crippen LogP contribution in [0.2, 0.25) is 0 Å². The number of piperidine rings is 1. The van der Waals surface area contributed by atoms with Crippen molar-refractivity contribution >= 4 is 45.0 Å². The maximum absolute atomic E-state index is 12.2. The van der Waals surface area contributed by atoms with Crippen molar-refractivity contribution in [2.45, 2.75) is 18.9 Å². The van der Waals surface area contributed by atoms with Gasteiger partial charge in [-0.3, -0.25) is 9.48 Å². The minimum absolute atomic E-state index is 0. The lowest BCUT2D eigenvalue weighted by atomic mass is 10.1. The van der Waals surface area contributed by atoms with E-state index in [9.17, 15) is 4.79 Å². The molecule has 0 saturated carbocycles. The van der Waals surface area contributed by atoms with Gasteiger partial charge in [-0.05, 0) is 37.6 Å². The van der Waals surface area contributed by atoms with Crippen molar-refractivity contribution in [3.63, 3.8) is 0 Å². The normalized spacial score (nSPS) is 16.7. The first-order chi connectivity index (χ1) is 12.8. The van der Waals surface area contributed by atoms with Gasteiger partial charge in [0.1, 0.15) is 5.69 Å². The van der Waals surface area contributed by atoms with Crippen LogP contribution in [0.25, 0.3) is 10.2 Å². The number of amides is 1. The number of thiazole rings is 1. The highest BCUT2D eigenvalue weighted by Crippen LogP contribution is 2.24. The van der Waals surface area contributed by atoms with Gasteiger partial charge in [0, 0.05) is 25.8 Å². The smallest absolute Gasteiger partial charge is 0.271 e. The fourth-order valence-corrected chi connectivity index (χ4v) is 4.00. The Morgan fingerprint density at radius 3 is 3.00 bits per heavy atom. The second-order valence-electron chi connectivity index (χ2n) is 6.35. The predicted octanol–water partition coefficient (Wildman–Crippen LogP) is 2.68. The van der Waals surface area contributed by atoms with E-state index in [-0.39, 0.29) is 18.3 Å². The third-order valence-corrected chi connectivity index (χ3v) is 5.46. The number of hydrogen-bond donors (Lipinski definition) is 3. The van der Waals surface area contributed by atoms with Crippen LogP contribution in [0.3, 0.4) is 0 Å². The first kappa shape index (κ1) is 19.6. The molecule has 144 valence electrons. The van der Waals surface area contributed by atoms with Crippen LogP contribution in [0.5, 0.6) is 0 Å². The standard InChI is InChI=1S/C18H22N6OS.ClH/c25-17(15-7-11-24(23-15)13-4-3-8-19-12-13)20-9-10-21-18-22-14-5-1-2-6-16(14)26-18;/h1-2,5-7,11,13,19H,3-4,8-10,12H2,(H,20,25)(H,21,22);1H. The number of aromatic nitrogens is 3. The number of carbonyl (C=O) groups is 1. The summed E-state index contributed by atoms with van der Waals surface area (Å²) in [7, 11) is 0. The van der Waals surface area contributed by atoms with Gasteiger partial charge in [0.2, 0.25) is 0 Å². The topological polar surface area (TPSA) is 83.9 Å². The fourth-order valence-electron chi connectivity index (χ4n) is 3.11. The molecule has 1 fully saturated rings. The average molecular weight is 407 g/mol. The molecule has 27 heavy (non-hydrogen) atoms. The number of benzene rings is 1. The Morgan fingerprint density at radius 2 is 2.19 bits per heavy atom. The van der Waals surface area contributed by atoms with Gasteiger partial charge in [-0.1, -0.05) is 23.5 Å². The maximum Gasteiger partial charge on any atom is 0.271 e. The van der Waals surface area contributed by atoms with Crippen LogP contribution in [0, 0.1) is 0 Å². The molecule has 1 unspecified atom stereocenters. The summed E-state index contributed by atoms with van der Waals surface area (Å²) in [6, 6.07) is 10.2. The molecule has 1 aromatic carbocycles. The number of rotatable bonds is 6. The van der Waals surface area contributed by atoms with E-state index < -0.39 is 0 Å². The molecule has 1 aliphatic rings. The van der Waals surface area contributed by atoms with Crippen molar-refractivity contribution < 1.29 is 4.79 Å². The number of anilines is 1. The number of para-hydroxylation sites is 1. The first-order valence-electron chi connectivity index (χ1n) is 8.93. The summed E-state index contributed by atoms with van der Waals surface area (Å²) in [5.41, 5.74) is 1.46. The van der Waals surface area contributed by atoms with Gasteiger partial charge in [0.25, 0.3) is 5.91 Å². The molecule has 1 saturated heterocycles. The lowest BCUT2D eigenvalue weighted by Gasteiger charge is -2.22. The second-order valence-corrected chi connectivity index (χ2v) is 7.38. The molecule has 3 aromatic rings. The van der Waals surface area contributed by atoms with Crippen LogP contribution in [-0.4, -0.2) is 46.9 Å². The van der Waals surface area contributed by atoms with E-state index in [0.29, 0.717) is 24.8 Å². The third kappa shape index (κ3) is 4.77. The predicted molar refractivity (Wildman–Crippen MR) is 111 cm³/mol. The van der Waals surface area contributed by atoms with Crippen LogP contribution in [0.15, 0.2) is 36.5 Å². The molecule has 9 heteroatoms. The number of nitrogens with one attached hydrogen (secondary N) is 3. The fraction of sp³-hybridized carbons (Fsp3) is 0.389. The SMILES string of the molecule is Cl.O=C(NCCNc1nc2ccccc2s1)c1ccn(C2CCCNC2)n1. The molecule has 1 amide bonds. The van der Waals surface area contributed by atoms with Crippen molar-refractivity contribution in [1.29, 1.82) is 0 Å². The van der Waals surface area contributed by atoms with E-state index >= 15 is 0 Å². The number of hydrogen-bond acceptors (Lipinski definition) is 6. The lowest BCUT2D eigenvalue weighted by molar-refractivity contribution is 0.0949. The quantitative estimate of drug-likeness (QED) is 0.548. The summed E-state index contributed by atoms with van der Waals surface area (Å²) in [4.78, 5) is 16.8. The molecular formula is C18H23ClN6OS. The van der Waals surface area contributed by atoms with Gasteiger partial charge >= 0.3 is 0 Å². The highest BCUT2D eigenvalue weighted by atomic mass is 35.5. The second kappa shape index (κ2) is 9.16. The summed E-state index contributed by atoms with van der Waals surface area (Å²) in [6.07, 6.45) is 4.14. The molecule has 2 aromatic heterocycles. The molecule has 1 atom stereocenters. The highest BCUT2D eigenvalue weighted by Gasteiger charge is 2.17. The largest absolute Gasteiger partial charge is 0.360 e. The Hall–Kier alpha value is -2.16. The molecule has 4 rings (SSSR count). The van der Waals surface area contributed by atoms with E-state index in [0.717, 1.165) is 41.3 Å². The Morgan fingerprint density at radius 1 is 1.30 bits per heavy atom. The van der Waals surface area contributed by atoms with Crippen molar-refractivity contribution in [3.05, 3.63) is 42.2 Å². The molecule has 3 N–H and O–H groups in total. The Balaban J connectivity index is 0.00000210. The van der Waals surface area contributed by atoms with Gasteiger partial charge in [-0.25, -0.2) is 4.98 Å². The number of nitrogens with zero attached hydrogens (tertiary/aromatic N) is 3. The number of fused-ring (bicyclic) bond motifs is 1. The van der Waals surface area contributed by atoms with E-state index in [1.165, 1.54) is 0 Å². The third-order valence-electron chi connectivity index (χ3n) is 4.47. The molecule has 0 spiro atoms. The van der Waals surface area contributed by atoms with Crippen molar-refractivity contribution in [1.82, 2.24) is 25.4 Å². The molecule has 1 aliphatic heterocycles. The molecular weight excluding hydrogens is 384 g/mol. The molecule has 3 heterocycles. The van der Waals surface area contributed by atoms with Crippen molar-refractivity contribution in [3.8, 4) is 0 Å². The molecule has 0 aliphatic carbocycles. The summed E-state index contributed by atoms with van der Waals surface area (Å²) < 4.78 is 3.06. The number of carbonyl (C=O) groups excluding carboxylic acids is 1. The van der Waals surface area contributed by atoms with Crippen LogP contribution in [0.4, 0.5) is 5.13 Å². The zero-order valence-corrected chi connectivity index (χ0v) is 16.5. The van der Waals surface area contributed by atoms with Gasteiger partial charge in [0.15, 0.2) is 5.13 Å². The first-order valence-corrected chi connectivity index (χ1v) is 9.75. The van der Waals surface area contributed by atoms with Crippen molar-refractivity contribution in [2.75, 3.05) is 31.5 Å². The minimum atomic E-state index is -0.140. The van der Waals surface area contributed by atoms with Gasteiger partial charge in [0.05, 0.1) is 16.3 Å². The summed E-state index contributed by atoms with van der Waals surface area (Å²) in [6.45, 7) is 3.12. The lowest BCUT2D eigenvalue weighted by Crippen LogP contribution is -2.32. The van der Waals surface area contributed by atoms with Crippen LogP contribution in [0.1, 0.15) is 29.4 Å². The monoisotopic (exact) mass is 406 g/mol. The maximum atomic E-state index is 12.2. The van der Waals surface area contributed by atoms with Gasteiger partial charge < -0.3 is 16.0 Å². The van der Waals surface area contributed by atoms with Crippen molar-refractivity contribution in [2.24, 2.45) is 0 Å². The Kier molecular flexibility index (Phi) is 6.65. The number of halogens is 1. The summed E-state index contributed by atoms with van der Waals surface area (Å²) in [5.74, 6) is -0.140. The Bertz CT molecular complexity index is 856. The van der Waals surface area contributed by atoms with E-state index in [1.807, 2.05) is 29.1 Å². The highest BCUT2D eigenvalue weighted by molar-refractivity contribution is 7.22. The molecule has 7 nitrogen and oxygen atoms in total. The van der Waals surface area contributed by atoms with Gasteiger partial charge in [-0.15, -0.1) is 12.4 Å². The molecule has 0 bridgehead atoms. The van der Waals surface area contributed by atoms with E-state index in [2.05, 4.69) is 32.1 Å². The van der Waals surface area contributed by atoms with Crippen LogP contribution >= 0.6 is 23.7 Å². The summed E-state index contributed by atoms with van der Waals surface area (Å²) >= 11 is 1.62. The zero-order chi connectivity index (χ0) is 17.8.